The normalized spacial score (nSPS) is 26.4. The molecular formula is C16H24N4O. The van der Waals surface area contributed by atoms with E-state index >= 15 is 0 Å². The van der Waals surface area contributed by atoms with E-state index < -0.39 is 0 Å². The van der Waals surface area contributed by atoms with E-state index in [0.29, 0.717) is 0 Å². The fourth-order valence-corrected chi connectivity index (χ4v) is 3.62. The molecule has 0 aliphatic carbocycles. The van der Waals surface area contributed by atoms with Crippen molar-refractivity contribution in [3.05, 3.63) is 23.9 Å². The molecule has 0 aromatic carbocycles. The third-order valence-electron chi connectivity index (χ3n) is 4.67. The fraction of sp³-hybridized carbons (Fsp3) is 0.625. The zero-order valence-corrected chi connectivity index (χ0v) is 12.8. The van der Waals surface area contributed by atoms with E-state index in [2.05, 4.69) is 40.4 Å². The van der Waals surface area contributed by atoms with Crippen LogP contribution in [-0.4, -0.2) is 36.6 Å². The minimum Gasteiger partial charge on any atom is -0.354 e. The minimum absolute atomic E-state index is 0.128. The van der Waals surface area contributed by atoms with Gasteiger partial charge in [0.15, 0.2) is 0 Å². The largest absolute Gasteiger partial charge is 0.354 e. The maximum atomic E-state index is 11.9. The Kier molecular flexibility index (Phi) is 4.10. The van der Waals surface area contributed by atoms with E-state index in [0.717, 1.165) is 38.3 Å². The van der Waals surface area contributed by atoms with E-state index in [1.807, 2.05) is 12.3 Å². The predicted molar refractivity (Wildman–Crippen MR) is 83.2 cm³/mol. The van der Waals surface area contributed by atoms with Gasteiger partial charge in [-0.25, -0.2) is 4.98 Å². The summed E-state index contributed by atoms with van der Waals surface area (Å²) >= 11 is 0. The van der Waals surface area contributed by atoms with E-state index in [-0.39, 0.29) is 23.9 Å². The van der Waals surface area contributed by atoms with Crippen molar-refractivity contribution < 1.29 is 4.79 Å². The van der Waals surface area contributed by atoms with Gasteiger partial charge in [0.1, 0.15) is 5.82 Å². The lowest BCUT2D eigenvalue weighted by Gasteiger charge is -2.38. The van der Waals surface area contributed by atoms with Crippen LogP contribution in [0.2, 0.25) is 0 Å². The topological polar surface area (TPSA) is 57.3 Å². The first-order valence-electron chi connectivity index (χ1n) is 7.95. The summed E-state index contributed by atoms with van der Waals surface area (Å²) in [6.45, 7) is 6.95. The molecule has 2 aliphatic heterocycles. The highest BCUT2D eigenvalue weighted by atomic mass is 16.2. The highest BCUT2D eigenvalue weighted by Gasteiger charge is 2.41. The van der Waals surface area contributed by atoms with Gasteiger partial charge in [-0.2, -0.15) is 0 Å². The quantitative estimate of drug-likeness (QED) is 0.881. The van der Waals surface area contributed by atoms with E-state index in [1.54, 1.807) is 0 Å². The molecule has 1 aromatic rings. The first kappa shape index (κ1) is 14.3. The monoisotopic (exact) mass is 288 g/mol. The van der Waals surface area contributed by atoms with Crippen molar-refractivity contribution >= 4 is 11.7 Å². The van der Waals surface area contributed by atoms with Gasteiger partial charge in [0.2, 0.25) is 5.91 Å². The number of nitrogens with one attached hydrogen (secondary N) is 2. The van der Waals surface area contributed by atoms with Crippen LogP contribution in [0.3, 0.4) is 0 Å². The van der Waals surface area contributed by atoms with E-state index in [9.17, 15) is 4.79 Å². The molecule has 3 heterocycles. The Balaban J connectivity index is 1.91. The summed E-state index contributed by atoms with van der Waals surface area (Å²) < 4.78 is 0. The van der Waals surface area contributed by atoms with E-state index in [4.69, 9.17) is 0 Å². The maximum Gasteiger partial charge on any atom is 0.225 e. The Morgan fingerprint density at radius 2 is 2.43 bits per heavy atom. The number of fused-ring (bicyclic) bond motifs is 1. The summed E-state index contributed by atoms with van der Waals surface area (Å²) in [5, 5.41) is 6.47. The molecule has 5 heteroatoms. The molecule has 3 atom stereocenters. The Morgan fingerprint density at radius 1 is 1.57 bits per heavy atom. The number of carbonyl (C=O) groups is 1. The number of aromatic nitrogens is 1. The number of rotatable bonds is 4. The van der Waals surface area contributed by atoms with Crippen LogP contribution in [0.5, 0.6) is 0 Å². The number of piperidine rings is 1. The predicted octanol–water partition coefficient (Wildman–Crippen LogP) is 1.47. The van der Waals surface area contributed by atoms with Crippen LogP contribution in [0.15, 0.2) is 18.3 Å². The Bertz CT molecular complexity index is 519. The number of carbonyl (C=O) groups excluding carboxylic acids is 1. The molecule has 1 amide bonds. The second-order valence-electron chi connectivity index (χ2n) is 5.95. The smallest absolute Gasteiger partial charge is 0.225 e. The SMILES string of the molecule is CCNC(C)c1cccnc1N1CCCC2C(=O)NCC21. The molecule has 3 unspecified atom stereocenters. The van der Waals surface area contributed by atoms with Gasteiger partial charge >= 0.3 is 0 Å². The summed E-state index contributed by atoms with van der Waals surface area (Å²) in [6.07, 6.45) is 3.91. The van der Waals surface area contributed by atoms with Gasteiger partial charge in [-0.1, -0.05) is 13.0 Å². The molecule has 2 fully saturated rings. The van der Waals surface area contributed by atoms with Gasteiger partial charge in [-0.3, -0.25) is 4.79 Å². The van der Waals surface area contributed by atoms with Gasteiger partial charge < -0.3 is 15.5 Å². The molecule has 114 valence electrons. The van der Waals surface area contributed by atoms with Crippen molar-refractivity contribution in [2.45, 2.75) is 38.8 Å². The molecule has 21 heavy (non-hydrogen) atoms. The van der Waals surface area contributed by atoms with Crippen molar-refractivity contribution in [2.24, 2.45) is 5.92 Å². The molecule has 0 spiro atoms. The summed E-state index contributed by atoms with van der Waals surface area (Å²) in [5.41, 5.74) is 1.22. The van der Waals surface area contributed by atoms with Crippen LogP contribution in [0, 0.1) is 5.92 Å². The summed E-state index contributed by atoms with van der Waals surface area (Å²) in [7, 11) is 0. The average Bonchev–Trinajstić information content (AvgIpc) is 2.89. The van der Waals surface area contributed by atoms with E-state index in [1.165, 1.54) is 5.56 Å². The van der Waals surface area contributed by atoms with Crippen LogP contribution in [0.1, 0.15) is 38.3 Å². The van der Waals surface area contributed by atoms with Crippen molar-refractivity contribution in [1.82, 2.24) is 15.6 Å². The first-order chi connectivity index (χ1) is 10.2. The number of anilines is 1. The second-order valence-corrected chi connectivity index (χ2v) is 5.95. The zero-order chi connectivity index (χ0) is 14.8. The van der Waals surface area contributed by atoms with Gasteiger partial charge in [0.05, 0.1) is 12.0 Å². The molecule has 2 saturated heterocycles. The molecule has 0 radical (unpaired) electrons. The number of hydrogen-bond acceptors (Lipinski definition) is 4. The molecule has 0 bridgehead atoms. The summed E-state index contributed by atoms with van der Waals surface area (Å²) in [4.78, 5) is 18.9. The third-order valence-corrected chi connectivity index (χ3v) is 4.67. The number of hydrogen-bond donors (Lipinski definition) is 2. The highest BCUT2D eigenvalue weighted by Crippen LogP contribution is 2.33. The van der Waals surface area contributed by atoms with Gasteiger partial charge in [0.25, 0.3) is 0 Å². The van der Waals surface area contributed by atoms with Crippen molar-refractivity contribution in [3.8, 4) is 0 Å². The Morgan fingerprint density at radius 3 is 3.24 bits per heavy atom. The van der Waals surface area contributed by atoms with Crippen LogP contribution in [0.4, 0.5) is 5.82 Å². The molecule has 2 N–H and O–H groups in total. The second kappa shape index (κ2) is 6.02. The molecule has 0 saturated carbocycles. The first-order valence-corrected chi connectivity index (χ1v) is 7.95. The Labute approximate surface area is 126 Å². The lowest BCUT2D eigenvalue weighted by atomic mass is 9.91. The fourth-order valence-electron chi connectivity index (χ4n) is 3.62. The van der Waals surface area contributed by atoms with Crippen molar-refractivity contribution in [3.63, 3.8) is 0 Å². The molecule has 1 aromatic heterocycles. The van der Waals surface area contributed by atoms with Gasteiger partial charge in [-0.05, 0) is 32.4 Å². The highest BCUT2D eigenvalue weighted by molar-refractivity contribution is 5.83. The lowest BCUT2D eigenvalue weighted by Crippen LogP contribution is -2.46. The van der Waals surface area contributed by atoms with Crippen molar-refractivity contribution in [1.29, 1.82) is 0 Å². The number of nitrogens with zero attached hydrogens (tertiary/aromatic N) is 2. The van der Waals surface area contributed by atoms with Crippen LogP contribution in [-0.2, 0) is 4.79 Å². The molecule has 2 aliphatic rings. The van der Waals surface area contributed by atoms with Crippen LogP contribution >= 0.6 is 0 Å². The van der Waals surface area contributed by atoms with Crippen LogP contribution in [0.25, 0.3) is 0 Å². The van der Waals surface area contributed by atoms with Gasteiger partial charge in [-0.15, -0.1) is 0 Å². The summed E-state index contributed by atoms with van der Waals surface area (Å²) in [6, 6.07) is 4.66. The lowest BCUT2D eigenvalue weighted by molar-refractivity contribution is -0.122. The maximum absolute atomic E-state index is 11.9. The van der Waals surface area contributed by atoms with Crippen molar-refractivity contribution in [2.75, 3.05) is 24.5 Å². The molecule has 3 rings (SSSR count). The number of pyridine rings is 1. The summed E-state index contributed by atoms with van der Waals surface area (Å²) in [5.74, 6) is 1.38. The number of amides is 1. The zero-order valence-electron chi connectivity index (χ0n) is 12.8. The van der Waals surface area contributed by atoms with Gasteiger partial charge in [0, 0.05) is 30.9 Å². The Hall–Kier alpha value is -1.62. The third kappa shape index (κ3) is 2.62. The van der Waals surface area contributed by atoms with Crippen LogP contribution < -0.4 is 15.5 Å². The standard InChI is InChI=1S/C16H24N4O/c1-3-17-11(2)12-6-4-8-18-15(12)20-9-5-7-13-14(20)10-19-16(13)21/h4,6,8,11,13-14,17H,3,5,7,9-10H2,1-2H3,(H,19,21). The average molecular weight is 288 g/mol. The molecular weight excluding hydrogens is 264 g/mol. The molecule has 5 nitrogen and oxygen atoms in total. The minimum atomic E-state index is 0.128.